The van der Waals surface area contributed by atoms with E-state index in [9.17, 15) is 9.13 Å². The topological polar surface area (TPSA) is 141 Å². The van der Waals surface area contributed by atoms with Gasteiger partial charge in [-0.3, -0.25) is 9.13 Å². The Morgan fingerprint density at radius 2 is 1.60 bits per heavy atom. The monoisotopic (exact) mass is 319 g/mol. The van der Waals surface area contributed by atoms with Crippen LogP contribution in [0.2, 0.25) is 0 Å². The third kappa shape index (κ3) is 3.24. The summed E-state index contributed by atoms with van der Waals surface area (Å²) in [4.78, 5) is 39.0. The summed E-state index contributed by atoms with van der Waals surface area (Å²) in [5, 5.41) is 3.53. The van der Waals surface area contributed by atoms with Crippen LogP contribution < -0.4 is 10.3 Å². The van der Waals surface area contributed by atoms with Crippen LogP contribution in [0.5, 0.6) is 0 Å². The molecule has 2 aromatic rings. The number of pyridine rings is 1. The van der Waals surface area contributed by atoms with Gasteiger partial charge in [-0.2, -0.15) is 0 Å². The average molecular weight is 319 g/mol. The molecule has 0 amide bonds. The van der Waals surface area contributed by atoms with Gasteiger partial charge in [0.1, 0.15) is 0 Å². The van der Waals surface area contributed by atoms with Crippen LogP contribution >= 0.6 is 15.2 Å². The van der Waals surface area contributed by atoms with Crippen molar-refractivity contribution in [2.75, 3.05) is 5.32 Å². The number of H-pyrrole nitrogens is 1. The van der Waals surface area contributed by atoms with E-state index in [1.807, 2.05) is 0 Å². The Labute approximate surface area is 113 Å². The van der Waals surface area contributed by atoms with Gasteiger partial charge in [-0.25, -0.2) is 10.3 Å². The molecule has 0 bridgehead atoms. The van der Waals surface area contributed by atoms with Gasteiger partial charge in [-0.05, 0) is 17.5 Å². The predicted molar refractivity (Wildman–Crippen MR) is 72.0 cm³/mol. The summed E-state index contributed by atoms with van der Waals surface area (Å²) in [7, 11) is -10.1. The van der Waals surface area contributed by atoms with Gasteiger partial charge < -0.3 is 19.6 Å². The second-order valence-corrected chi connectivity index (χ2v) is 7.93. The summed E-state index contributed by atoms with van der Waals surface area (Å²) in [5.74, 6) is 0.125. The Kier molecular flexibility index (Phi) is 3.97. The number of anilines is 1. The van der Waals surface area contributed by atoms with Gasteiger partial charge in [0.05, 0.1) is 11.6 Å². The summed E-state index contributed by atoms with van der Waals surface area (Å²) in [6.07, 6.45) is 1.50. The smallest absolute Gasteiger partial charge is 0.321 e. The molecular weight excluding hydrogens is 306 g/mol. The molecule has 20 heavy (non-hydrogen) atoms. The van der Waals surface area contributed by atoms with Crippen molar-refractivity contribution in [3.05, 3.63) is 36.5 Å². The van der Waals surface area contributed by atoms with E-state index in [1.54, 1.807) is 30.3 Å². The molecule has 0 unspecified atom stereocenters. The lowest BCUT2D eigenvalue weighted by Crippen LogP contribution is -2.24. The fourth-order valence-corrected chi connectivity index (χ4v) is 3.94. The van der Waals surface area contributed by atoms with E-state index in [-0.39, 0.29) is 5.82 Å². The molecule has 108 valence electrons. The normalized spacial score (nSPS) is 12.8. The molecule has 0 saturated carbocycles. The number of benzene rings is 1. The van der Waals surface area contributed by atoms with Gasteiger partial charge in [0, 0.05) is 0 Å². The minimum absolute atomic E-state index is 0.125. The van der Waals surface area contributed by atoms with Crippen molar-refractivity contribution in [1.29, 1.82) is 0 Å². The number of aromatic nitrogens is 1. The lowest BCUT2D eigenvalue weighted by Gasteiger charge is -2.17. The molecule has 6 N–H and O–H groups in total. The number of nitrogens with one attached hydrogen (secondary N) is 2. The first-order chi connectivity index (χ1) is 9.19. The Morgan fingerprint density at radius 3 is 2.20 bits per heavy atom. The Hall–Kier alpha value is -1.27. The minimum atomic E-state index is -5.04. The summed E-state index contributed by atoms with van der Waals surface area (Å²) in [6, 6.07) is 8.62. The maximum absolute atomic E-state index is 11.2. The van der Waals surface area contributed by atoms with Crippen LogP contribution in [0.15, 0.2) is 36.5 Å². The average Bonchev–Trinajstić information content (AvgIpc) is 2.33. The van der Waals surface area contributed by atoms with Crippen LogP contribution in [-0.4, -0.2) is 25.1 Å². The molecular formula is C10H13N2O6P2+. The highest BCUT2D eigenvalue weighted by Gasteiger charge is 2.47. The summed E-state index contributed by atoms with van der Waals surface area (Å²) >= 11 is 0. The van der Waals surface area contributed by atoms with Gasteiger partial charge >= 0.3 is 15.2 Å². The fraction of sp³-hybridized carbons (Fsp3) is 0.100. The summed E-state index contributed by atoms with van der Waals surface area (Å²) in [5.41, 5.74) is -2.29. The maximum atomic E-state index is 11.2. The molecule has 0 aliphatic carbocycles. The van der Waals surface area contributed by atoms with E-state index >= 15 is 0 Å². The molecule has 0 aliphatic heterocycles. The molecule has 10 heteroatoms. The number of fused-ring (bicyclic) bond motifs is 1. The van der Waals surface area contributed by atoms with Gasteiger partial charge in [0.2, 0.25) is 0 Å². The first-order valence-corrected chi connectivity index (χ1v) is 8.82. The van der Waals surface area contributed by atoms with Crippen molar-refractivity contribution in [2.45, 2.75) is 5.52 Å². The molecule has 0 atom stereocenters. The molecule has 1 aromatic carbocycles. The van der Waals surface area contributed by atoms with Gasteiger partial charge in [0.25, 0.3) is 11.3 Å². The van der Waals surface area contributed by atoms with Crippen molar-refractivity contribution in [1.82, 2.24) is 0 Å². The van der Waals surface area contributed by atoms with E-state index in [4.69, 9.17) is 19.6 Å². The SMILES string of the molecule is O=P(O)(O)C(Nc1[nH+]ccc2ccccc12)P(=O)(O)O. The highest BCUT2D eigenvalue weighted by atomic mass is 31.2. The highest BCUT2D eigenvalue weighted by molar-refractivity contribution is 7.71. The van der Waals surface area contributed by atoms with Gasteiger partial charge in [-0.1, -0.05) is 18.2 Å². The van der Waals surface area contributed by atoms with Gasteiger partial charge in [-0.15, -0.1) is 0 Å². The third-order valence-corrected chi connectivity index (χ3v) is 5.97. The van der Waals surface area contributed by atoms with E-state index in [0.29, 0.717) is 5.39 Å². The van der Waals surface area contributed by atoms with Crippen LogP contribution in [0.3, 0.4) is 0 Å². The second kappa shape index (κ2) is 5.26. The van der Waals surface area contributed by atoms with E-state index < -0.39 is 20.7 Å². The first kappa shape index (κ1) is 15.1. The van der Waals surface area contributed by atoms with Crippen LogP contribution in [0.25, 0.3) is 10.8 Å². The van der Waals surface area contributed by atoms with Gasteiger partial charge in [0.15, 0.2) is 0 Å². The standard InChI is InChI=1S/C10H12N2O6P2/c13-19(14,15)10(20(16,17)18)12-9-8-4-2-1-3-7(8)5-6-11-9/h1-6,10H,(H,11,12)(H2,13,14,15)(H2,16,17,18)/p+1. The minimum Gasteiger partial charge on any atom is -0.321 e. The Balaban J connectivity index is 2.50. The number of hydrogen-bond acceptors (Lipinski definition) is 3. The summed E-state index contributed by atoms with van der Waals surface area (Å²) in [6.45, 7) is 0. The zero-order chi connectivity index (χ0) is 15.0. The maximum Gasteiger partial charge on any atom is 0.382 e. The fourth-order valence-electron chi connectivity index (χ4n) is 1.78. The predicted octanol–water partition coefficient (Wildman–Crippen LogP) is 0.705. The Bertz CT molecular complexity index is 697. The molecule has 0 spiro atoms. The zero-order valence-corrected chi connectivity index (χ0v) is 11.8. The molecule has 0 aliphatic rings. The lowest BCUT2D eigenvalue weighted by molar-refractivity contribution is -0.359. The molecule has 8 nitrogen and oxygen atoms in total. The van der Waals surface area contributed by atoms with E-state index in [0.717, 1.165) is 5.39 Å². The van der Waals surface area contributed by atoms with Crippen molar-refractivity contribution in [2.24, 2.45) is 0 Å². The lowest BCUT2D eigenvalue weighted by atomic mass is 10.2. The molecule has 2 rings (SSSR count). The van der Waals surface area contributed by atoms with E-state index in [2.05, 4.69) is 10.3 Å². The molecule has 0 saturated heterocycles. The third-order valence-electron chi connectivity index (χ3n) is 2.63. The van der Waals surface area contributed by atoms with Crippen molar-refractivity contribution < 1.29 is 33.7 Å². The first-order valence-electron chi connectivity index (χ1n) is 5.46. The molecule has 0 fully saturated rings. The van der Waals surface area contributed by atoms with Crippen LogP contribution in [0.4, 0.5) is 5.82 Å². The largest absolute Gasteiger partial charge is 0.382 e. The quantitative estimate of drug-likeness (QED) is 0.522. The van der Waals surface area contributed by atoms with Crippen LogP contribution in [-0.2, 0) is 9.13 Å². The number of hydrogen-bond donors (Lipinski definition) is 5. The highest BCUT2D eigenvalue weighted by Crippen LogP contribution is 2.59. The number of rotatable bonds is 4. The summed E-state index contributed by atoms with van der Waals surface area (Å²) < 4.78 is 22.5. The molecule has 0 radical (unpaired) electrons. The number of aromatic amines is 1. The van der Waals surface area contributed by atoms with Crippen LogP contribution in [0.1, 0.15) is 0 Å². The van der Waals surface area contributed by atoms with Crippen LogP contribution in [0, 0.1) is 0 Å². The zero-order valence-electron chi connectivity index (χ0n) is 10.0. The van der Waals surface area contributed by atoms with Crippen molar-refractivity contribution in [3.63, 3.8) is 0 Å². The van der Waals surface area contributed by atoms with Crippen molar-refractivity contribution in [3.8, 4) is 0 Å². The molecule has 1 aromatic heterocycles. The van der Waals surface area contributed by atoms with E-state index in [1.165, 1.54) is 6.20 Å². The second-order valence-electron chi connectivity index (χ2n) is 4.14. The van der Waals surface area contributed by atoms with Crippen molar-refractivity contribution >= 4 is 31.8 Å². The Morgan fingerprint density at radius 1 is 1.00 bits per heavy atom. The molecule has 1 heterocycles.